The minimum Gasteiger partial charge on any atom is -0.461 e. The number of likely N-dealkylation sites (N-methyl/N-ethyl adjacent to an activating group) is 1. The van der Waals surface area contributed by atoms with Crippen LogP contribution >= 0.6 is 0 Å². The molecule has 1 fully saturated rings. The SMILES string of the molecule is CN(CC(=O)c1ccco1)CC1CCCC1. The lowest BCUT2D eigenvalue weighted by Crippen LogP contribution is -2.30. The average molecular weight is 221 g/mol. The van der Waals surface area contributed by atoms with Crippen molar-refractivity contribution in [2.24, 2.45) is 5.92 Å². The average Bonchev–Trinajstić information content (AvgIpc) is 2.88. The summed E-state index contributed by atoms with van der Waals surface area (Å²) in [7, 11) is 2.01. The molecule has 1 saturated carbocycles. The molecule has 3 heteroatoms. The standard InChI is InChI=1S/C13H19NO2/c1-14(9-11-5-2-3-6-11)10-12(15)13-7-4-8-16-13/h4,7-8,11H,2-3,5-6,9-10H2,1H3. The van der Waals surface area contributed by atoms with Crippen LogP contribution in [0.1, 0.15) is 36.2 Å². The van der Waals surface area contributed by atoms with Crippen LogP contribution in [0.5, 0.6) is 0 Å². The van der Waals surface area contributed by atoms with Gasteiger partial charge in [-0.3, -0.25) is 9.69 Å². The Morgan fingerprint density at radius 3 is 2.88 bits per heavy atom. The fraction of sp³-hybridized carbons (Fsp3) is 0.615. The van der Waals surface area contributed by atoms with Gasteiger partial charge in [-0.2, -0.15) is 0 Å². The van der Waals surface area contributed by atoms with Gasteiger partial charge in [-0.15, -0.1) is 0 Å². The predicted octanol–water partition coefficient (Wildman–Crippen LogP) is 2.58. The Labute approximate surface area is 96.4 Å². The smallest absolute Gasteiger partial charge is 0.211 e. The second-order valence-electron chi connectivity index (χ2n) is 4.75. The van der Waals surface area contributed by atoms with Gasteiger partial charge in [-0.25, -0.2) is 0 Å². The van der Waals surface area contributed by atoms with E-state index in [-0.39, 0.29) is 5.78 Å². The number of carbonyl (C=O) groups excluding carboxylic acids is 1. The van der Waals surface area contributed by atoms with Crippen LogP contribution in [0.25, 0.3) is 0 Å². The van der Waals surface area contributed by atoms with Crippen LogP contribution in [0.15, 0.2) is 22.8 Å². The molecule has 16 heavy (non-hydrogen) atoms. The summed E-state index contributed by atoms with van der Waals surface area (Å²) in [5.74, 6) is 1.33. The first-order valence-corrected chi connectivity index (χ1v) is 6.01. The number of nitrogens with zero attached hydrogens (tertiary/aromatic N) is 1. The Hall–Kier alpha value is -1.09. The number of Topliss-reactive ketones (excluding diaryl/α,β-unsaturated/α-hetero) is 1. The summed E-state index contributed by atoms with van der Waals surface area (Å²) >= 11 is 0. The Balaban J connectivity index is 1.78. The van der Waals surface area contributed by atoms with E-state index in [0.717, 1.165) is 12.5 Å². The van der Waals surface area contributed by atoms with Crippen LogP contribution < -0.4 is 0 Å². The van der Waals surface area contributed by atoms with Gasteiger partial charge >= 0.3 is 0 Å². The van der Waals surface area contributed by atoms with Crippen LogP contribution in [-0.4, -0.2) is 30.8 Å². The van der Waals surface area contributed by atoms with Gasteiger partial charge in [0, 0.05) is 6.54 Å². The Bertz CT molecular complexity index is 326. The van der Waals surface area contributed by atoms with E-state index >= 15 is 0 Å². The Morgan fingerprint density at radius 1 is 1.50 bits per heavy atom. The maximum absolute atomic E-state index is 11.8. The molecule has 0 radical (unpaired) electrons. The number of furan rings is 1. The molecule has 0 atom stereocenters. The summed E-state index contributed by atoms with van der Waals surface area (Å²) in [6.45, 7) is 1.50. The summed E-state index contributed by atoms with van der Waals surface area (Å²) in [6.07, 6.45) is 6.89. The molecule has 1 aliphatic rings. The predicted molar refractivity (Wildman–Crippen MR) is 62.5 cm³/mol. The fourth-order valence-electron chi connectivity index (χ4n) is 2.46. The van der Waals surface area contributed by atoms with Crippen molar-refractivity contribution in [2.45, 2.75) is 25.7 Å². The number of carbonyl (C=O) groups is 1. The van der Waals surface area contributed by atoms with Crippen molar-refractivity contribution >= 4 is 5.78 Å². The zero-order chi connectivity index (χ0) is 11.4. The van der Waals surface area contributed by atoms with Gasteiger partial charge < -0.3 is 4.42 Å². The molecule has 0 aromatic carbocycles. The third-order valence-electron chi connectivity index (χ3n) is 3.25. The van der Waals surface area contributed by atoms with E-state index < -0.39 is 0 Å². The summed E-state index contributed by atoms with van der Waals surface area (Å²) in [5.41, 5.74) is 0. The number of hydrogen-bond acceptors (Lipinski definition) is 3. The van der Waals surface area contributed by atoms with Crippen molar-refractivity contribution in [3.05, 3.63) is 24.2 Å². The maximum atomic E-state index is 11.8. The van der Waals surface area contributed by atoms with E-state index in [0.29, 0.717) is 12.3 Å². The molecule has 0 N–H and O–H groups in total. The van der Waals surface area contributed by atoms with Crippen molar-refractivity contribution in [1.82, 2.24) is 4.90 Å². The van der Waals surface area contributed by atoms with E-state index in [9.17, 15) is 4.79 Å². The molecule has 1 aliphatic carbocycles. The summed E-state index contributed by atoms with van der Waals surface area (Å²) in [5, 5.41) is 0. The highest BCUT2D eigenvalue weighted by Gasteiger charge is 2.18. The first-order chi connectivity index (χ1) is 7.75. The van der Waals surface area contributed by atoms with E-state index in [1.54, 1.807) is 18.4 Å². The topological polar surface area (TPSA) is 33.5 Å². The van der Waals surface area contributed by atoms with E-state index in [1.165, 1.54) is 25.7 Å². The molecule has 1 aromatic heterocycles. The largest absolute Gasteiger partial charge is 0.461 e. The molecule has 0 bridgehead atoms. The number of rotatable bonds is 5. The van der Waals surface area contributed by atoms with Crippen LogP contribution in [0, 0.1) is 5.92 Å². The second kappa shape index (κ2) is 5.30. The van der Waals surface area contributed by atoms with Crippen molar-refractivity contribution in [3.8, 4) is 0 Å². The molecule has 0 aliphatic heterocycles. The monoisotopic (exact) mass is 221 g/mol. The van der Waals surface area contributed by atoms with E-state index in [2.05, 4.69) is 4.90 Å². The third kappa shape index (κ3) is 2.95. The van der Waals surface area contributed by atoms with Crippen LogP contribution in [0.4, 0.5) is 0 Å². The maximum Gasteiger partial charge on any atom is 0.211 e. The van der Waals surface area contributed by atoms with Crippen LogP contribution in [0.2, 0.25) is 0 Å². The van der Waals surface area contributed by atoms with Crippen LogP contribution in [-0.2, 0) is 0 Å². The lowest BCUT2D eigenvalue weighted by molar-refractivity contribution is 0.0910. The number of ketones is 1. The van der Waals surface area contributed by atoms with Gasteiger partial charge in [0.05, 0.1) is 12.8 Å². The molecule has 0 spiro atoms. The highest BCUT2D eigenvalue weighted by atomic mass is 16.3. The summed E-state index contributed by atoms with van der Waals surface area (Å²) < 4.78 is 5.09. The van der Waals surface area contributed by atoms with Gasteiger partial charge in [0.2, 0.25) is 5.78 Å². The van der Waals surface area contributed by atoms with Crippen molar-refractivity contribution in [2.75, 3.05) is 20.1 Å². The molecule has 0 amide bonds. The lowest BCUT2D eigenvalue weighted by atomic mass is 10.1. The highest BCUT2D eigenvalue weighted by molar-refractivity contribution is 5.94. The zero-order valence-corrected chi connectivity index (χ0v) is 9.82. The minimum atomic E-state index is 0.0745. The molecule has 0 unspecified atom stereocenters. The first kappa shape index (κ1) is 11.4. The molecular weight excluding hydrogens is 202 g/mol. The molecule has 2 rings (SSSR count). The normalized spacial score (nSPS) is 17.1. The molecule has 1 heterocycles. The lowest BCUT2D eigenvalue weighted by Gasteiger charge is -2.19. The second-order valence-corrected chi connectivity index (χ2v) is 4.75. The zero-order valence-electron chi connectivity index (χ0n) is 9.82. The van der Waals surface area contributed by atoms with Gasteiger partial charge in [-0.05, 0) is 37.9 Å². The van der Waals surface area contributed by atoms with Gasteiger partial charge in [-0.1, -0.05) is 12.8 Å². The quantitative estimate of drug-likeness (QED) is 0.716. The van der Waals surface area contributed by atoms with Crippen molar-refractivity contribution in [1.29, 1.82) is 0 Å². The third-order valence-corrected chi connectivity index (χ3v) is 3.25. The summed E-state index contributed by atoms with van der Waals surface area (Å²) in [4.78, 5) is 13.9. The molecular formula is C13H19NO2. The number of hydrogen-bond donors (Lipinski definition) is 0. The van der Waals surface area contributed by atoms with Crippen molar-refractivity contribution in [3.63, 3.8) is 0 Å². The Kier molecular flexibility index (Phi) is 3.78. The van der Waals surface area contributed by atoms with Gasteiger partial charge in [0.1, 0.15) is 0 Å². The van der Waals surface area contributed by atoms with Crippen LogP contribution in [0.3, 0.4) is 0 Å². The molecule has 88 valence electrons. The molecule has 1 aromatic rings. The van der Waals surface area contributed by atoms with Gasteiger partial charge in [0.15, 0.2) is 5.76 Å². The first-order valence-electron chi connectivity index (χ1n) is 6.01. The summed E-state index contributed by atoms with van der Waals surface area (Å²) in [6, 6.07) is 3.48. The molecule has 3 nitrogen and oxygen atoms in total. The van der Waals surface area contributed by atoms with Gasteiger partial charge in [0.25, 0.3) is 0 Å². The fourth-order valence-corrected chi connectivity index (χ4v) is 2.46. The molecule has 0 saturated heterocycles. The van der Waals surface area contributed by atoms with E-state index in [4.69, 9.17) is 4.42 Å². The van der Waals surface area contributed by atoms with E-state index in [1.807, 2.05) is 7.05 Å². The van der Waals surface area contributed by atoms with Crippen molar-refractivity contribution < 1.29 is 9.21 Å². The Morgan fingerprint density at radius 2 is 2.25 bits per heavy atom. The highest BCUT2D eigenvalue weighted by Crippen LogP contribution is 2.25. The minimum absolute atomic E-state index is 0.0745.